The van der Waals surface area contributed by atoms with Crippen molar-refractivity contribution < 1.29 is 4.94 Å². The number of hydrogen-bond acceptors (Lipinski definition) is 3. The molecule has 0 radical (unpaired) electrons. The Hall–Kier alpha value is -0.120. The fourth-order valence-corrected chi connectivity index (χ4v) is 0.195. The fourth-order valence-electron chi connectivity index (χ4n) is 0.195. The van der Waals surface area contributed by atoms with Gasteiger partial charge in [-0.3, -0.25) is 0 Å². The van der Waals surface area contributed by atoms with E-state index in [1.54, 1.807) is 0 Å². The van der Waals surface area contributed by atoms with Crippen LogP contribution in [-0.2, 0) is 4.94 Å². The molecule has 0 aliphatic rings. The Morgan fingerprint density at radius 3 is 1.86 bits per heavy atom. The van der Waals surface area contributed by atoms with Gasteiger partial charge in [0.1, 0.15) is 0 Å². The average Bonchev–Trinajstić information content (AvgIpc) is 1.69. The first kappa shape index (κ1) is 6.88. The molecule has 0 amide bonds. The van der Waals surface area contributed by atoms with Gasteiger partial charge in [-0.2, -0.15) is 11.0 Å². The molecule has 0 aliphatic heterocycles. The Kier molecular flexibility index (Phi) is 5.78. The Morgan fingerprint density at radius 1 is 1.14 bits per heavy atom. The van der Waals surface area contributed by atoms with E-state index in [-0.39, 0.29) is 0 Å². The summed E-state index contributed by atoms with van der Waals surface area (Å²) in [7, 11) is 0. The van der Waals surface area contributed by atoms with E-state index in [4.69, 9.17) is 0 Å². The largest absolute Gasteiger partial charge is 0.214 e. The SMILES string of the molecule is CCNONCC. The Labute approximate surface area is 44.0 Å². The molecule has 0 rings (SSSR count). The highest BCUT2D eigenvalue weighted by Crippen LogP contribution is 1.53. The summed E-state index contributed by atoms with van der Waals surface area (Å²) in [6, 6.07) is 0. The van der Waals surface area contributed by atoms with Crippen molar-refractivity contribution in [1.29, 1.82) is 0 Å². The van der Waals surface area contributed by atoms with Gasteiger partial charge in [0.25, 0.3) is 0 Å². The van der Waals surface area contributed by atoms with Crippen LogP contribution in [0.2, 0.25) is 0 Å². The molecular formula is C4H12N2O. The minimum atomic E-state index is 0.826. The number of hydrogen-bond donors (Lipinski definition) is 2. The quantitative estimate of drug-likeness (QED) is 0.390. The highest BCUT2D eigenvalue weighted by atomic mass is 16.8. The van der Waals surface area contributed by atoms with Crippen molar-refractivity contribution >= 4 is 0 Å². The summed E-state index contributed by atoms with van der Waals surface area (Å²) >= 11 is 0. The first-order chi connectivity index (χ1) is 3.41. The lowest BCUT2D eigenvalue weighted by Gasteiger charge is -1.98. The van der Waals surface area contributed by atoms with Crippen molar-refractivity contribution in [2.24, 2.45) is 0 Å². The molecule has 0 aromatic rings. The Morgan fingerprint density at radius 2 is 1.57 bits per heavy atom. The second kappa shape index (κ2) is 5.88. The maximum Gasteiger partial charge on any atom is 0.0200 e. The van der Waals surface area contributed by atoms with Crippen LogP contribution in [-0.4, -0.2) is 13.1 Å². The van der Waals surface area contributed by atoms with Gasteiger partial charge < -0.3 is 0 Å². The van der Waals surface area contributed by atoms with Crippen molar-refractivity contribution in [3.05, 3.63) is 0 Å². The van der Waals surface area contributed by atoms with Crippen molar-refractivity contribution in [1.82, 2.24) is 11.0 Å². The molecule has 0 atom stereocenters. The van der Waals surface area contributed by atoms with E-state index in [1.807, 2.05) is 13.8 Å². The molecule has 0 saturated heterocycles. The molecule has 3 heteroatoms. The van der Waals surface area contributed by atoms with Crippen molar-refractivity contribution in [2.75, 3.05) is 13.1 Å². The van der Waals surface area contributed by atoms with Crippen LogP contribution in [0.25, 0.3) is 0 Å². The molecule has 0 saturated carbocycles. The number of nitrogens with one attached hydrogen (secondary N) is 2. The maximum absolute atomic E-state index is 4.63. The molecule has 44 valence electrons. The van der Waals surface area contributed by atoms with Crippen molar-refractivity contribution in [2.45, 2.75) is 13.8 Å². The smallest absolute Gasteiger partial charge is 0.0200 e. The summed E-state index contributed by atoms with van der Waals surface area (Å²) in [6.07, 6.45) is 0. The van der Waals surface area contributed by atoms with Crippen LogP contribution in [0.1, 0.15) is 13.8 Å². The molecule has 0 fully saturated rings. The molecular weight excluding hydrogens is 92.1 g/mol. The summed E-state index contributed by atoms with van der Waals surface area (Å²) in [4.78, 5) is 4.63. The van der Waals surface area contributed by atoms with E-state index >= 15 is 0 Å². The molecule has 0 spiro atoms. The van der Waals surface area contributed by atoms with Crippen molar-refractivity contribution in [3.63, 3.8) is 0 Å². The van der Waals surface area contributed by atoms with Crippen LogP contribution >= 0.6 is 0 Å². The van der Waals surface area contributed by atoms with Gasteiger partial charge in [0.15, 0.2) is 0 Å². The first-order valence-electron chi connectivity index (χ1n) is 2.53. The molecule has 7 heavy (non-hydrogen) atoms. The average molecular weight is 104 g/mol. The van der Waals surface area contributed by atoms with E-state index in [1.165, 1.54) is 0 Å². The lowest BCUT2D eigenvalue weighted by Crippen LogP contribution is -2.24. The predicted octanol–water partition coefficient (Wildman–Crippen LogP) is 0.0520. The van der Waals surface area contributed by atoms with Crippen molar-refractivity contribution in [3.8, 4) is 0 Å². The summed E-state index contributed by atoms with van der Waals surface area (Å²) in [6.45, 7) is 5.59. The minimum absolute atomic E-state index is 0.826. The number of hydroxylamine groups is 2. The van der Waals surface area contributed by atoms with Crippen LogP contribution in [0.5, 0.6) is 0 Å². The standard InChI is InChI=1S/C4H12N2O/c1-3-5-7-6-4-2/h5-6H,3-4H2,1-2H3. The molecule has 3 nitrogen and oxygen atoms in total. The normalized spacial score (nSPS) is 9.43. The molecule has 0 unspecified atom stereocenters. The third kappa shape index (κ3) is 5.88. The topological polar surface area (TPSA) is 33.3 Å². The zero-order valence-corrected chi connectivity index (χ0v) is 4.82. The first-order valence-corrected chi connectivity index (χ1v) is 2.53. The van der Waals surface area contributed by atoms with Gasteiger partial charge in [-0.25, -0.2) is 4.94 Å². The second-order valence-electron chi connectivity index (χ2n) is 1.10. The van der Waals surface area contributed by atoms with Gasteiger partial charge in [-0.05, 0) is 0 Å². The van der Waals surface area contributed by atoms with E-state index in [2.05, 4.69) is 15.9 Å². The summed E-state index contributed by atoms with van der Waals surface area (Å²) in [5, 5.41) is 0. The van der Waals surface area contributed by atoms with Crippen LogP contribution < -0.4 is 11.0 Å². The van der Waals surface area contributed by atoms with E-state index in [0.29, 0.717) is 0 Å². The molecule has 2 N–H and O–H groups in total. The molecule has 0 bridgehead atoms. The van der Waals surface area contributed by atoms with Crippen LogP contribution in [0.3, 0.4) is 0 Å². The third-order valence-corrected chi connectivity index (χ3v) is 0.433. The monoisotopic (exact) mass is 104 g/mol. The fraction of sp³-hybridized carbons (Fsp3) is 1.00. The van der Waals surface area contributed by atoms with E-state index < -0.39 is 0 Å². The van der Waals surface area contributed by atoms with E-state index in [9.17, 15) is 0 Å². The highest BCUT2D eigenvalue weighted by molar-refractivity contribution is 4.14. The predicted molar refractivity (Wildman–Crippen MR) is 28.4 cm³/mol. The Balaban J connectivity index is 2.45. The second-order valence-corrected chi connectivity index (χ2v) is 1.10. The molecule has 0 heterocycles. The van der Waals surface area contributed by atoms with Gasteiger partial charge in [-0.15, -0.1) is 0 Å². The van der Waals surface area contributed by atoms with Crippen LogP contribution in [0.15, 0.2) is 0 Å². The van der Waals surface area contributed by atoms with E-state index in [0.717, 1.165) is 13.1 Å². The zero-order chi connectivity index (χ0) is 5.54. The van der Waals surface area contributed by atoms with Gasteiger partial charge in [-0.1, -0.05) is 13.8 Å². The molecule has 0 aromatic carbocycles. The summed E-state index contributed by atoms with van der Waals surface area (Å²) < 4.78 is 0. The van der Waals surface area contributed by atoms with Crippen LogP contribution in [0, 0.1) is 0 Å². The van der Waals surface area contributed by atoms with Gasteiger partial charge in [0.2, 0.25) is 0 Å². The Bertz CT molecular complexity index is 28.9. The maximum atomic E-state index is 4.63. The van der Waals surface area contributed by atoms with Crippen LogP contribution in [0.4, 0.5) is 0 Å². The number of rotatable bonds is 4. The molecule has 0 aliphatic carbocycles. The van der Waals surface area contributed by atoms with Gasteiger partial charge in [0.05, 0.1) is 0 Å². The minimum Gasteiger partial charge on any atom is -0.214 e. The lowest BCUT2D eigenvalue weighted by molar-refractivity contribution is -0.0327. The summed E-state index contributed by atoms with van der Waals surface area (Å²) in [5.41, 5.74) is 5.28. The zero-order valence-electron chi connectivity index (χ0n) is 4.82. The highest BCUT2D eigenvalue weighted by Gasteiger charge is 1.73. The van der Waals surface area contributed by atoms with Gasteiger partial charge >= 0.3 is 0 Å². The lowest BCUT2D eigenvalue weighted by atomic mass is 10.8. The summed E-state index contributed by atoms with van der Waals surface area (Å²) in [5.74, 6) is 0. The third-order valence-electron chi connectivity index (χ3n) is 0.433. The van der Waals surface area contributed by atoms with Gasteiger partial charge in [0, 0.05) is 13.1 Å². The molecule has 0 aromatic heterocycles.